The van der Waals surface area contributed by atoms with Crippen molar-refractivity contribution in [1.29, 1.82) is 0 Å². The summed E-state index contributed by atoms with van der Waals surface area (Å²) in [6.45, 7) is 2.69. The van der Waals surface area contributed by atoms with E-state index in [1.165, 1.54) is 70.6 Å². The van der Waals surface area contributed by atoms with Crippen molar-refractivity contribution in [1.82, 2.24) is 4.90 Å². The number of rotatable bonds is 19. The van der Waals surface area contributed by atoms with E-state index < -0.39 is 17.7 Å². The molecule has 0 bridgehead atoms. The fourth-order valence-electron chi connectivity index (χ4n) is 5.72. The topological polar surface area (TPSA) is 76.1 Å². The van der Waals surface area contributed by atoms with Gasteiger partial charge in [0.2, 0.25) is 0 Å². The second-order valence-corrected chi connectivity index (χ2v) is 11.6. The number of ketones is 1. The van der Waals surface area contributed by atoms with E-state index in [2.05, 4.69) is 6.92 Å². The Bertz CT molecular complexity index is 1180. The molecule has 2 aromatic rings. The number of hydrogen-bond acceptors (Lipinski definition) is 5. The van der Waals surface area contributed by atoms with E-state index in [9.17, 15) is 14.7 Å². The lowest BCUT2D eigenvalue weighted by Gasteiger charge is -2.26. The largest absolute Gasteiger partial charge is 0.507 e. The van der Waals surface area contributed by atoms with Crippen LogP contribution in [0.25, 0.3) is 5.76 Å². The number of unbranched alkanes of at least 4 members (excludes halogenated alkanes) is 13. The molecule has 0 aromatic heterocycles. The Balaban J connectivity index is 1.62. The predicted molar refractivity (Wildman–Crippen MR) is 170 cm³/mol. The van der Waals surface area contributed by atoms with Crippen molar-refractivity contribution in [2.75, 3.05) is 20.8 Å². The van der Waals surface area contributed by atoms with E-state index in [1.54, 1.807) is 55.5 Å². The molecular weight excluding hydrogens is 550 g/mol. The van der Waals surface area contributed by atoms with E-state index in [-0.39, 0.29) is 11.3 Å². The molecule has 0 spiro atoms. The van der Waals surface area contributed by atoms with Crippen LogP contribution in [-0.2, 0) is 9.59 Å². The summed E-state index contributed by atoms with van der Waals surface area (Å²) in [6, 6.07) is 11.2. The van der Waals surface area contributed by atoms with Gasteiger partial charge in [0.15, 0.2) is 11.5 Å². The molecule has 0 aliphatic carbocycles. The van der Waals surface area contributed by atoms with Crippen LogP contribution in [0.15, 0.2) is 48.0 Å². The number of aliphatic hydroxyl groups is 1. The predicted octanol–water partition coefficient (Wildman–Crippen LogP) is 9.26. The summed E-state index contributed by atoms with van der Waals surface area (Å²) in [7, 11) is 3.10. The quantitative estimate of drug-likeness (QED) is 0.0755. The van der Waals surface area contributed by atoms with Crippen LogP contribution in [0, 0.1) is 0 Å². The number of carbonyl (C=O) groups is 2. The smallest absolute Gasteiger partial charge is 0.295 e. The van der Waals surface area contributed by atoms with Gasteiger partial charge in [-0.2, -0.15) is 0 Å². The second-order valence-electron chi connectivity index (χ2n) is 11.2. The van der Waals surface area contributed by atoms with E-state index in [4.69, 9.17) is 21.1 Å². The molecule has 1 amide bonds. The Morgan fingerprint density at radius 1 is 0.762 bits per heavy atom. The molecule has 0 saturated carbocycles. The number of halogens is 1. The summed E-state index contributed by atoms with van der Waals surface area (Å²) in [5.41, 5.74) is 1.17. The first kappa shape index (κ1) is 33.5. The normalized spacial score (nSPS) is 16.3. The maximum Gasteiger partial charge on any atom is 0.295 e. The molecule has 0 unspecified atom stereocenters. The number of aliphatic hydroxyl groups excluding tert-OH is 1. The summed E-state index contributed by atoms with van der Waals surface area (Å²) in [6.07, 6.45) is 17.4. The minimum Gasteiger partial charge on any atom is -0.507 e. The lowest BCUT2D eigenvalue weighted by molar-refractivity contribution is -0.139. The second kappa shape index (κ2) is 17.8. The Morgan fingerprint density at radius 3 is 1.81 bits per heavy atom. The first-order valence-electron chi connectivity index (χ1n) is 15.7. The monoisotopic (exact) mass is 597 g/mol. The molecule has 1 aliphatic rings. The number of Topliss-reactive ketones (excluding diaryl/α,β-unsaturated/α-hetero) is 1. The van der Waals surface area contributed by atoms with Gasteiger partial charge >= 0.3 is 0 Å². The molecule has 7 heteroatoms. The van der Waals surface area contributed by atoms with Crippen molar-refractivity contribution in [3.8, 4) is 11.5 Å². The van der Waals surface area contributed by atoms with Crippen LogP contribution in [0.4, 0.5) is 0 Å². The maximum atomic E-state index is 13.3. The van der Waals surface area contributed by atoms with Crippen LogP contribution < -0.4 is 9.47 Å². The molecule has 2 aromatic carbocycles. The molecule has 1 heterocycles. The lowest BCUT2D eigenvalue weighted by atomic mass is 9.95. The highest BCUT2D eigenvalue weighted by Crippen LogP contribution is 2.42. The maximum absolute atomic E-state index is 13.3. The van der Waals surface area contributed by atoms with Gasteiger partial charge in [-0.05, 0) is 48.4 Å². The van der Waals surface area contributed by atoms with Crippen molar-refractivity contribution in [2.45, 2.75) is 103 Å². The van der Waals surface area contributed by atoms with Crippen LogP contribution in [0.1, 0.15) is 114 Å². The highest BCUT2D eigenvalue weighted by molar-refractivity contribution is 6.46. The van der Waals surface area contributed by atoms with Gasteiger partial charge in [0.1, 0.15) is 5.76 Å². The third kappa shape index (κ3) is 9.26. The molecule has 6 nitrogen and oxygen atoms in total. The van der Waals surface area contributed by atoms with Crippen molar-refractivity contribution in [3.63, 3.8) is 0 Å². The third-order valence-corrected chi connectivity index (χ3v) is 8.39. The summed E-state index contributed by atoms with van der Waals surface area (Å²) in [5, 5.41) is 11.8. The zero-order chi connectivity index (χ0) is 30.3. The number of methoxy groups -OCH3 is 2. The fourth-order valence-corrected chi connectivity index (χ4v) is 5.85. The number of amides is 1. The lowest BCUT2D eigenvalue weighted by Crippen LogP contribution is -2.30. The minimum absolute atomic E-state index is 0.0694. The minimum atomic E-state index is -0.734. The third-order valence-electron chi connectivity index (χ3n) is 8.13. The van der Waals surface area contributed by atoms with Gasteiger partial charge in [0.25, 0.3) is 11.7 Å². The average Bonchev–Trinajstić information content (AvgIpc) is 3.25. The molecule has 1 N–H and O–H groups in total. The molecule has 1 aliphatic heterocycles. The Kier molecular flexibility index (Phi) is 14.2. The van der Waals surface area contributed by atoms with Gasteiger partial charge in [0.05, 0.1) is 25.8 Å². The highest BCUT2D eigenvalue weighted by Gasteiger charge is 2.46. The molecule has 3 rings (SSSR count). The Morgan fingerprint density at radius 2 is 1.29 bits per heavy atom. The summed E-state index contributed by atoms with van der Waals surface area (Å²) in [5.74, 6) is -0.465. The van der Waals surface area contributed by atoms with Gasteiger partial charge in [-0.3, -0.25) is 9.59 Å². The summed E-state index contributed by atoms with van der Waals surface area (Å²) >= 11 is 6.04. The van der Waals surface area contributed by atoms with E-state index in [1.807, 2.05) is 6.07 Å². The summed E-state index contributed by atoms with van der Waals surface area (Å²) in [4.78, 5) is 28.2. The van der Waals surface area contributed by atoms with E-state index in [0.717, 1.165) is 19.3 Å². The number of hydrogen-bond donors (Lipinski definition) is 1. The number of benzene rings is 2. The number of nitrogens with zero attached hydrogens (tertiary/aromatic N) is 1. The van der Waals surface area contributed by atoms with Crippen LogP contribution in [0.5, 0.6) is 11.5 Å². The number of carbonyl (C=O) groups excluding carboxylic acids is 2. The van der Waals surface area contributed by atoms with E-state index >= 15 is 0 Å². The Hall–Kier alpha value is -2.99. The van der Waals surface area contributed by atoms with Gasteiger partial charge < -0.3 is 19.5 Å². The standard InChI is InChI=1S/C35H48ClNO5/c1-4-5-6-7-8-9-10-11-12-13-14-15-16-17-24-37-32(27-20-23-29(41-2)30(25-27)42-3)31(34(39)35(37)40)33(38)26-18-21-28(36)22-19-26/h18-23,25,32,38H,4-17,24H2,1-3H3/b33-31+/t32-/m1/s1. The fraction of sp³-hybridized carbons (Fsp3) is 0.543. The SMILES string of the molecule is CCCCCCCCCCCCCCCCN1C(=O)C(=O)/C(=C(/O)c2ccc(Cl)cc2)[C@H]1c1ccc(OC)c(OC)c1. The zero-order valence-corrected chi connectivity index (χ0v) is 26.4. The molecule has 1 saturated heterocycles. The zero-order valence-electron chi connectivity index (χ0n) is 25.6. The average molecular weight is 598 g/mol. The van der Waals surface area contributed by atoms with Crippen LogP contribution in [0.2, 0.25) is 5.02 Å². The van der Waals surface area contributed by atoms with Gasteiger partial charge in [-0.25, -0.2) is 0 Å². The van der Waals surface area contributed by atoms with Crippen LogP contribution >= 0.6 is 11.6 Å². The van der Waals surface area contributed by atoms with Crippen molar-refractivity contribution in [3.05, 3.63) is 64.2 Å². The van der Waals surface area contributed by atoms with Gasteiger partial charge in [-0.15, -0.1) is 0 Å². The van der Waals surface area contributed by atoms with Crippen molar-refractivity contribution >= 4 is 29.1 Å². The summed E-state index contributed by atoms with van der Waals surface area (Å²) < 4.78 is 10.9. The highest BCUT2D eigenvalue weighted by atomic mass is 35.5. The van der Waals surface area contributed by atoms with Gasteiger partial charge in [0, 0.05) is 17.1 Å². The van der Waals surface area contributed by atoms with Crippen LogP contribution in [-0.4, -0.2) is 42.5 Å². The molecule has 0 radical (unpaired) electrons. The van der Waals surface area contributed by atoms with E-state index in [0.29, 0.717) is 34.2 Å². The molecule has 1 atom stereocenters. The van der Waals surface area contributed by atoms with Crippen molar-refractivity contribution < 1.29 is 24.2 Å². The molecular formula is C35H48ClNO5. The first-order chi connectivity index (χ1) is 20.4. The molecule has 42 heavy (non-hydrogen) atoms. The number of likely N-dealkylation sites (tertiary alicyclic amines) is 1. The van der Waals surface area contributed by atoms with Crippen LogP contribution in [0.3, 0.4) is 0 Å². The molecule has 230 valence electrons. The first-order valence-corrected chi connectivity index (χ1v) is 16.1. The Labute approximate surface area is 257 Å². The number of ether oxygens (including phenoxy) is 2. The van der Waals surface area contributed by atoms with Gasteiger partial charge in [-0.1, -0.05) is 108 Å². The molecule has 1 fully saturated rings. The van der Waals surface area contributed by atoms with Crippen molar-refractivity contribution in [2.24, 2.45) is 0 Å².